The zero-order valence-corrected chi connectivity index (χ0v) is 21.5. The van der Waals surface area contributed by atoms with Gasteiger partial charge in [0.05, 0.1) is 18.4 Å². The van der Waals surface area contributed by atoms with Crippen molar-refractivity contribution in [3.8, 4) is 0 Å². The van der Waals surface area contributed by atoms with Gasteiger partial charge in [0.2, 0.25) is 0 Å². The fourth-order valence-electron chi connectivity index (χ4n) is 4.44. The number of nitrogens with one attached hydrogen (secondary N) is 2. The summed E-state index contributed by atoms with van der Waals surface area (Å²) < 4.78 is 7.03. The number of amides is 2. The van der Waals surface area contributed by atoms with Crippen LogP contribution in [-0.2, 0) is 16.0 Å². The molecule has 1 fully saturated rings. The average molecular weight is 508 g/mol. The maximum Gasteiger partial charge on any atom is 0.410 e. The predicted octanol–water partition coefficient (Wildman–Crippen LogP) is 3.07. The molecule has 0 radical (unpaired) electrons. The number of benzene rings is 1. The van der Waals surface area contributed by atoms with Crippen molar-refractivity contribution < 1.29 is 19.1 Å². The molecule has 1 aromatic carbocycles. The number of fused-ring (bicyclic) bond motifs is 1. The molecule has 0 unspecified atom stereocenters. The van der Waals surface area contributed by atoms with E-state index in [9.17, 15) is 19.2 Å². The second-order valence-electron chi connectivity index (χ2n) is 10.3. The summed E-state index contributed by atoms with van der Waals surface area (Å²) >= 11 is 0. The van der Waals surface area contributed by atoms with Crippen LogP contribution in [0.4, 0.5) is 4.79 Å². The number of H-pyrrole nitrogens is 1. The largest absolute Gasteiger partial charge is 0.444 e. The highest BCUT2D eigenvalue weighted by atomic mass is 16.6. The Hall–Kier alpha value is -3.95. The van der Waals surface area contributed by atoms with E-state index in [0.29, 0.717) is 44.5 Å². The third-order valence-electron chi connectivity index (χ3n) is 6.33. The highest BCUT2D eigenvalue weighted by Crippen LogP contribution is 2.28. The third-order valence-corrected chi connectivity index (χ3v) is 6.33. The van der Waals surface area contributed by atoms with Gasteiger partial charge < -0.3 is 19.9 Å². The standard InChI is InChI=1S/C27H33N5O5/c1-27(2,3)37-26(36)31-13-11-19(12-14-31)22-15-23(34)30-24-21(17-29-32(22)24)25(35)28-16-20(33)10-9-18-7-5-4-6-8-18/h4-8,15,17,19H,9-14,16H2,1-3H3,(H,28,35)(H,30,34). The number of aryl methyl sites for hydroxylation is 1. The molecule has 0 bridgehead atoms. The van der Waals surface area contributed by atoms with Crippen LogP contribution in [-0.4, -0.2) is 62.5 Å². The Morgan fingerprint density at radius 3 is 2.51 bits per heavy atom. The highest BCUT2D eigenvalue weighted by molar-refractivity contribution is 6.01. The quantitative estimate of drug-likeness (QED) is 0.506. The van der Waals surface area contributed by atoms with E-state index in [1.54, 1.807) is 9.42 Å². The van der Waals surface area contributed by atoms with Gasteiger partial charge in [0.15, 0.2) is 5.78 Å². The molecule has 1 aliphatic heterocycles. The molecule has 10 heteroatoms. The minimum absolute atomic E-state index is 0.0149. The van der Waals surface area contributed by atoms with Crippen LogP contribution < -0.4 is 10.9 Å². The number of carbonyl (C=O) groups is 3. The lowest BCUT2D eigenvalue weighted by Gasteiger charge is -2.33. The number of likely N-dealkylation sites (tertiary alicyclic amines) is 1. The number of ether oxygens (including phenoxy) is 1. The first-order valence-corrected chi connectivity index (χ1v) is 12.5. The summed E-state index contributed by atoms with van der Waals surface area (Å²) in [7, 11) is 0. The minimum atomic E-state index is -0.564. The zero-order valence-electron chi connectivity index (χ0n) is 21.5. The van der Waals surface area contributed by atoms with E-state index in [0.717, 1.165) is 5.56 Å². The molecule has 196 valence electrons. The van der Waals surface area contributed by atoms with Gasteiger partial charge in [-0.15, -0.1) is 0 Å². The molecule has 0 aliphatic carbocycles. The van der Waals surface area contributed by atoms with Crippen molar-refractivity contribution in [2.45, 2.75) is 58.0 Å². The molecule has 1 aliphatic rings. The van der Waals surface area contributed by atoms with Crippen molar-refractivity contribution in [2.75, 3.05) is 19.6 Å². The van der Waals surface area contributed by atoms with E-state index in [4.69, 9.17) is 4.74 Å². The number of aromatic nitrogens is 3. The van der Waals surface area contributed by atoms with Gasteiger partial charge in [0.25, 0.3) is 11.5 Å². The van der Waals surface area contributed by atoms with Crippen LogP contribution in [0, 0.1) is 0 Å². The van der Waals surface area contributed by atoms with Gasteiger partial charge in [-0.25, -0.2) is 9.31 Å². The van der Waals surface area contributed by atoms with Crippen molar-refractivity contribution in [1.29, 1.82) is 0 Å². The van der Waals surface area contributed by atoms with Crippen molar-refractivity contribution in [3.05, 3.63) is 69.8 Å². The van der Waals surface area contributed by atoms with Gasteiger partial charge in [0, 0.05) is 31.5 Å². The van der Waals surface area contributed by atoms with Gasteiger partial charge >= 0.3 is 6.09 Å². The smallest absolute Gasteiger partial charge is 0.410 e. The lowest BCUT2D eigenvalue weighted by Crippen LogP contribution is -2.41. The van der Waals surface area contributed by atoms with E-state index in [2.05, 4.69) is 15.4 Å². The van der Waals surface area contributed by atoms with Crippen molar-refractivity contribution >= 4 is 23.4 Å². The molecule has 37 heavy (non-hydrogen) atoms. The maximum absolute atomic E-state index is 12.8. The van der Waals surface area contributed by atoms with Crippen LogP contribution >= 0.6 is 0 Å². The van der Waals surface area contributed by atoms with Crippen molar-refractivity contribution in [1.82, 2.24) is 24.8 Å². The lowest BCUT2D eigenvalue weighted by atomic mass is 9.93. The second kappa shape index (κ2) is 11.0. The Morgan fingerprint density at radius 2 is 1.84 bits per heavy atom. The SMILES string of the molecule is CC(C)(C)OC(=O)N1CCC(c2cc(=O)[nH]c3c(C(=O)NCC(=O)CCc4ccccc4)cnn23)CC1. The molecular formula is C27H33N5O5. The van der Waals surface area contributed by atoms with E-state index < -0.39 is 11.5 Å². The highest BCUT2D eigenvalue weighted by Gasteiger charge is 2.29. The number of Topliss-reactive ketones (excluding diaryl/α,β-unsaturated/α-hetero) is 1. The van der Waals surface area contributed by atoms with Crippen LogP contribution in [0.3, 0.4) is 0 Å². The number of ketones is 1. The van der Waals surface area contributed by atoms with E-state index in [1.807, 2.05) is 51.1 Å². The van der Waals surface area contributed by atoms with Crippen LogP contribution in [0.1, 0.15) is 67.6 Å². The van der Waals surface area contributed by atoms with Crippen molar-refractivity contribution in [2.24, 2.45) is 0 Å². The fourth-order valence-corrected chi connectivity index (χ4v) is 4.44. The number of carbonyl (C=O) groups excluding carboxylic acids is 3. The molecular weight excluding hydrogens is 474 g/mol. The third kappa shape index (κ3) is 6.63. The summed E-state index contributed by atoms with van der Waals surface area (Å²) in [5, 5.41) is 7.00. The van der Waals surface area contributed by atoms with Crippen LogP contribution in [0.25, 0.3) is 5.65 Å². The van der Waals surface area contributed by atoms with Gasteiger partial charge in [0.1, 0.15) is 16.8 Å². The molecule has 0 spiro atoms. The first-order valence-electron chi connectivity index (χ1n) is 12.5. The maximum atomic E-state index is 12.8. The summed E-state index contributed by atoms with van der Waals surface area (Å²) in [5.41, 5.74) is 1.32. The van der Waals surface area contributed by atoms with E-state index >= 15 is 0 Å². The summed E-state index contributed by atoms with van der Waals surface area (Å²) in [6, 6.07) is 11.2. The normalized spacial score (nSPS) is 14.5. The van der Waals surface area contributed by atoms with Crippen LogP contribution in [0.15, 0.2) is 47.4 Å². The second-order valence-corrected chi connectivity index (χ2v) is 10.3. The molecule has 2 amide bonds. The number of hydrogen-bond donors (Lipinski definition) is 2. The predicted molar refractivity (Wildman–Crippen MR) is 138 cm³/mol. The van der Waals surface area contributed by atoms with Crippen LogP contribution in [0.2, 0.25) is 0 Å². The summed E-state index contributed by atoms with van der Waals surface area (Å²) in [6.45, 7) is 6.38. The fraction of sp³-hybridized carbons (Fsp3) is 0.444. The van der Waals surface area contributed by atoms with E-state index in [-0.39, 0.29) is 41.1 Å². The first-order chi connectivity index (χ1) is 17.6. The lowest BCUT2D eigenvalue weighted by molar-refractivity contribution is -0.118. The van der Waals surface area contributed by atoms with Gasteiger partial charge in [-0.1, -0.05) is 30.3 Å². The molecule has 3 heterocycles. The van der Waals surface area contributed by atoms with Crippen LogP contribution in [0.5, 0.6) is 0 Å². The molecule has 2 N–H and O–H groups in total. The molecule has 4 rings (SSSR count). The van der Waals surface area contributed by atoms with Gasteiger partial charge in [-0.2, -0.15) is 5.10 Å². The molecule has 3 aromatic rings. The monoisotopic (exact) mass is 507 g/mol. The van der Waals surface area contributed by atoms with Gasteiger partial charge in [-0.3, -0.25) is 14.4 Å². The molecule has 2 aromatic heterocycles. The van der Waals surface area contributed by atoms with Gasteiger partial charge in [-0.05, 0) is 45.6 Å². The Bertz CT molecular complexity index is 1330. The topological polar surface area (TPSA) is 126 Å². The number of piperidine rings is 1. The number of aromatic amines is 1. The summed E-state index contributed by atoms with van der Waals surface area (Å²) in [6.07, 6.45) is 3.24. The molecule has 10 nitrogen and oxygen atoms in total. The average Bonchev–Trinajstić information content (AvgIpc) is 3.29. The van der Waals surface area contributed by atoms with E-state index in [1.165, 1.54) is 12.3 Å². The summed E-state index contributed by atoms with van der Waals surface area (Å²) in [4.78, 5) is 54.3. The number of rotatable bonds is 7. The Morgan fingerprint density at radius 1 is 1.14 bits per heavy atom. The Labute approximate surface area is 215 Å². The Kier molecular flexibility index (Phi) is 7.75. The molecule has 0 atom stereocenters. The zero-order chi connectivity index (χ0) is 26.6. The molecule has 1 saturated heterocycles. The first kappa shape index (κ1) is 26.1. The number of nitrogens with zero attached hydrogens (tertiary/aromatic N) is 3. The minimum Gasteiger partial charge on any atom is -0.444 e. The van der Waals surface area contributed by atoms with Crippen molar-refractivity contribution in [3.63, 3.8) is 0 Å². The summed E-state index contributed by atoms with van der Waals surface area (Å²) in [5.74, 6) is -0.575. The number of hydrogen-bond acceptors (Lipinski definition) is 6. The molecule has 0 saturated carbocycles. The Balaban J connectivity index is 1.40.